The quantitative estimate of drug-likeness (QED) is 0.453. The van der Waals surface area contributed by atoms with E-state index in [1.54, 1.807) is 0 Å². The number of carboxylic acids is 1. The van der Waals surface area contributed by atoms with Gasteiger partial charge in [0.25, 0.3) is 5.69 Å². The number of nitrogens with one attached hydrogen (secondary N) is 2. The largest absolute Gasteiger partial charge is 0.479 e. The van der Waals surface area contributed by atoms with E-state index in [-0.39, 0.29) is 5.69 Å². The molecule has 9 nitrogen and oxygen atoms in total. The van der Waals surface area contributed by atoms with Gasteiger partial charge in [0.15, 0.2) is 11.9 Å². The van der Waals surface area contributed by atoms with Crippen molar-refractivity contribution in [2.75, 3.05) is 11.9 Å². The van der Waals surface area contributed by atoms with Crippen LogP contribution in [-0.2, 0) is 4.79 Å². The summed E-state index contributed by atoms with van der Waals surface area (Å²) >= 11 is 0. The van der Waals surface area contributed by atoms with Crippen molar-refractivity contribution in [2.45, 2.75) is 6.10 Å². The Morgan fingerprint density at radius 2 is 2.10 bits per heavy atom. The highest BCUT2D eigenvalue weighted by Gasteiger charge is 2.16. The van der Waals surface area contributed by atoms with Crippen LogP contribution in [0.5, 0.6) is 0 Å². The number of aliphatic hydroxyl groups is 1. The Morgan fingerprint density at radius 3 is 2.60 bits per heavy atom. The number of aliphatic hydroxyl groups excluding tert-OH is 1. The standard InChI is InChI=1S/C10H10FN3O6/c11-6-3-5(14(19)20)1-2-7(6)13-10(18)12-4-8(15)9(16)17/h1-3,8,15H,4H2,(H,16,17)(H2,12,13,18). The van der Waals surface area contributed by atoms with Crippen LogP contribution < -0.4 is 10.6 Å². The maximum Gasteiger partial charge on any atom is 0.334 e. The smallest absolute Gasteiger partial charge is 0.334 e. The zero-order valence-corrected chi connectivity index (χ0v) is 9.87. The summed E-state index contributed by atoms with van der Waals surface area (Å²) in [7, 11) is 0. The van der Waals surface area contributed by atoms with Gasteiger partial charge in [-0.1, -0.05) is 0 Å². The monoisotopic (exact) mass is 287 g/mol. The molecule has 1 unspecified atom stereocenters. The summed E-state index contributed by atoms with van der Waals surface area (Å²) in [5.74, 6) is -2.54. The number of non-ortho nitro benzene ring substituents is 1. The number of benzene rings is 1. The molecule has 2 amide bonds. The van der Waals surface area contributed by atoms with Crippen LogP contribution in [0.1, 0.15) is 0 Å². The fraction of sp³-hybridized carbons (Fsp3) is 0.200. The topological polar surface area (TPSA) is 142 Å². The van der Waals surface area contributed by atoms with Gasteiger partial charge in [-0.05, 0) is 6.07 Å². The van der Waals surface area contributed by atoms with Crippen LogP contribution >= 0.6 is 0 Å². The number of hydrogen-bond donors (Lipinski definition) is 4. The molecule has 1 rings (SSSR count). The number of urea groups is 1. The van der Waals surface area contributed by atoms with Crippen LogP contribution in [0, 0.1) is 15.9 Å². The molecule has 0 spiro atoms. The minimum atomic E-state index is -1.79. The summed E-state index contributed by atoms with van der Waals surface area (Å²) in [4.78, 5) is 31.2. The number of amides is 2. The molecule has 0 fully saturated rings. The number of rotatable bonds is 5. The maximum atomic E-state index is 13.4. The van der Waals surface area contributed by atoms with E-state index in [1.807, 2.05) is 10.6 Å². The highest BCUT2D eigenvalue weighted by atomic mass is 19.1. The van der Waals surface area contributed by atoms with Gasteiger partial charge in [0.05, 0.1) is 23.2 Å². The van der Waals surface area contributed by atoms with Gasteiger partial charge in [-0.15, -0.1) is 0 Å². The lowest BCUT2D eigenvalue weighted by Crippen LogP contribution is -2.38. The molecule has 0 aliphatic heterocycles. The van der Waals surface area contributed by atoms with E-state index in [1.165, 1.54) is 0 Å². The molecule has 0 bridgehead atoms. The van der Waals surface area contributed by atoms with Crippen LogP contribution in [0.15, 0.2) is 18.2 Å². The molecule has 20 heavy (non-hydrogen) atoms. The van der Waals surface area contributed by atoms with Crippen molar-refractivity contribution in [1.29, 1.82) is 0 Å². The lowest BCUT2D eigenvalue weighted by molar-refractivity contribution is -0.385. The van der Waals surface area contributed by atoms with E-state index in [4.69, 9.17) is 10.2 Å². The van der Waals surface area contributed by atoms with Gasteiger partial charge in [0.2, 0.25) is 0 Å². The first kappa shape index (κ1) is 15.3. The third-order valence-corrected chi connectivity index (χ3v) is 2.15. The van der Waals surface area contributed by atoms with Crippen LogP contribution in [-0.4, -0.2) is 39.8 Å². The number of carboxylic acid groups (broad SMARTS) is 1. The second-order valence-electron chi connectivity index (χ2n) is 3.61. The molecule has 0 radical (unpaired) electrons. The average molecular weight is 287 g/mol. The number of hydrogen-bond acceptors (Lipinski definition) is 5. The minimum Gasteiger partial charge on any atom is -0.479 e. The number of nitrogens with zero attached hydrogens (tertiary/aromatic N) is 1. The highest BCUT2D eigenvalue weighted by Crippen LogP contribution is 2.20. The lowest BCUT2D eigenvalue weighted by Gasteiger charge is -2.09. The summed E-state index contributed by atoms with van der Waals surface area (Å²) < 4.78 is 13.4. The molecule has 1 aromatic carbocycles. The van der Waals surface area contributed by atoms with Crippen molar-refractivity contribution in [3.05, 3.63) is 34.1 Å². The number of anilines is 1. The van der Waals surface area contributed by atoms with Crippen molar-refractivity contribution in [3.63, 3.8) is 0 Å². The van der Waals surface area contributed by atoms with E-state index in [9.17, 15) is 24.1 Å². The number of halogens is 1. The van der Waals surface area contributed by atoms with Crippen molar-refractivity contribution in [3.8, 4) is 0 Å². The Morgan fingerprint density at radius 1 is 1.45 bits per heavy atom. The van der Waals surface area contributed by atoms with Gasteiger partial charge >= 0.3 is 12.0 Å². The summed E-state index contributed by atoms with van der Waals surface area (Å²) in [6, 6.07) is 1.64. The Balaban J connectivity index is 2.62. The van der Waals surface area contributed by atoms with E-state index in [0.717, 1.165) is 12.1 Å². The lowest BCUT2D eigenvalue weighted by atomic mass is 10.2. The van der Waals surface area contributed by atoms with Crippen LogP contribution in [0.25, 0.3) is 0 Å². The Kier molecular flexibility index (Phi) is 4.92. The summed E-state index contributed by atoms with van der Waals surface area (Å²) in [5, 5.41) is 31.7. The Hall–Kier alpha value is -2.75. The number of carbonyl (C=O) groups is 2. The first-order valence-corrected chi connectivity index (χ1v) is 5.21. The summed E-state index contributed by atoms with van der Waals surface area (Å²) in [6.45, 7) is -0.574. The van der Waals surface area contributed by atoms with Gasteiger partial charge in [0, 0.05) is 6.07 Å². The van der Waals surface area contributed by atoms with Gasteiger partial charge in [-0.2, -0.15) is 0 Å². The molecule has 1 aromatic rings. The molecular formula is C10H10FN3O6. The Bertz CT molecular complexity index is 550. The van der Waals surface area contributed by atoms with Gasteiger partial charge in [-0.25, -0.2) is 14.0 Å². The summed E-state index contributed by atoms with van der Waals surface area (Å²) in [6.07, 6.45) is -1.79. The predicted octanol–water partition coefficient (Wildman–Crippen LogP) is 0.301. The fourth-order valence-electron chi connectivity index (χ4n) is 1.16. The predicted molar refractivity (Wildman–Crippen MR) is 63.7 cm³/mol. The van der Waals surface area contributed by atoms with Crippen molar-refractivity contribution >= 4 is 23.4 Å². The van der Waals surface area contributed by atoms with E-state index in [0.29, 0.717) is 6.07 Å². The molecule has 0 heterocycles. The van der Waals surface area contributed by atoms with Crippen LogP contribution in [0.2, 0.25) is 0 Å². The van der Waals surface area contributed by atoms with Gasteiger partial charge < -0.3 is 20.8 Å². The number of carbonyl (C=O) groups excluding carboxylic acids is 1. The molecule has 0 saturated carbocycles. The first-order valence-electron chi connectivity index (χ1n) is 5.21. The maximum absolute atomic E-state index is 13.4. The van der Waals surface area contributed by atoms with Crippen LogP contribution in [0.4, 0.5) is 20.6 Å². The molecule has 10 heteroatoms. The zero-order chi connectivity index (χ0) is 15.3. The number of aliphatic carboxylic acids is 1. The van der Waals surface area contributed by atoms with Gasteiger partial charge in [0.1, 0.15) is 0 Å². The molecule has 0 saturated heterocycles. The van der Waals surface area contributed by atoms with Crippen molar-refractivity contribution in [2.24, 2.45) is 0 Å². The summed E-state index contributed by atoms with van der Waals surface area (Å²) in [5.41, 5.74) is -0.798. The Labute approximate surface area is 111 Å². The third kappa shape index (κ3) is 4.17. The molecule has 108 valence electrons. The molecule has 4 N–H and O–H groups in total. The highest BCUT2D eigenvalue weighted by molar-refractivity contribution is 5.89. The van der Waals surface area contributed by atoms with Crippen LogP contribution in [0.3, 0.4) is 0 Å². The molecular weight excluding hydrogens is 277 g/mol. The first-order chi connectivity index (χ1) is 9.31. The minimum absolute atomic E-state index is 0.321. The van der Waals surface area contributed by atoms with E-state index >= 15 is 0 Å². The number of nitro groups is 1. The molecule has 1 atom stereocenters. The second-order valence-corrected chi connectivity index (χ2v) is 3.61. The fourth-order valence-corrected chi connectivity index (χ4v) is 1.16. The average Bonchev–Trinajstić information content (AvgIpc) is 2.37. The second kappa shape index (κ2) is 6.43. The van der Waals surface area contributed by atoms with Gasteiger partial charge in [-0.3, -0.25) is 10.1 Å². The third-order valence-electron chi connectivity index (χ3n) is 2.15. The van der Waals surface area contributed by atoms with Crippen molar-refractivity contribution < 1.29 is 29.1 Å². The zero-order valence-electron chi connectivity index (χ0n) is 9.87. The molecule has 0 aromatic heterocycles. The van der Waals surface area contributed by atoms with Crippen molar-refractivity contribution in [1.82, 2.24) is 5.32 Å². The molecule has 0 aliphatic carbocycles. The molecule has 0 aliphatic rings. The normalized spacial score (nSPS) is 11.5. The SMILES string of the molecule is O=C(NCC(O)C(=O)O)Nc1ccc([N+](=O)[O-])cc1F. The number of nitro benzene ring substituents is 1. The van der Waals surface area contributed by atoms with E-state index < -0.39 is 41.1 Å². The van der Waals surface area contributed by atoms with E-state index in [2.05, 4.69) is 0 Å².